The van der Waals surface area contributed by atoms with Gasteiger partial charge in [-0.2, -0.15) is 0 Å². The molecule has 3 rings (SSSR count). The molecule has 0 atom stereocenters. The van der Waals surface area contributed by atoms with Crippen LogP contribution < -0.4 is 5.32 Å². The third-order valence-corrected chi connectivity index (χ3v) is 6.29. The lowest BCUT2D eigenvalue weighted by atomic mass is 9.72. The maximum absolute atomic E-state index is 13.2. The van der Waals surface area contributed by atoms with Crippen LogP contribution in [0.1, 0.15) is 57.6 Å². The fourth-order valence-corrected chi connectivity index (χ4v) is 4.49. The van der Waals surface area contributed by atoms with E-state index in [4.69, 9.17) is 0 Å². The average molecular weight is 421 g/mol. The van der Waals surface area contributed by atoms with Gasteiger partial charge < -0.3 is 10.2 Å². The van der Waals surface area contributed by atoms with Gasteiger partial charge in [0.15, 0.2) is 0 Å². The third-order valence-electron chi connectivity index (χ3n) is 6.29. The number of rotatable bonds is 7. The van der Waals surface area contributed by atoms with Crippen LogP contribution in [0, 0.1) is 12.3 Å². The van der Waals surface area contributed by atoms with Gasteiger partial charge >= 0.3 is 0 Å². The first-order valence-electron chi connectivity index (χ1n) is 11.6. The molecule has 0 saturated carbocycles. The van der Waals surface area contributed by atoms with Crippen molar-refractivity contribution in [2.24, 2.45) is 5.41 Å². The molecule has 2 amide bonds. The van der Waals surface area contributed by atoms with Gasteiger partial charge in [0.2, 0.25) is 11.8 Å². The lowest BCUT2D eigenvalue weighted by molar-refractivity contribution is -0.141. The molecular formula is C27H36N2O2. The number of likely N-dealkylation sites (tertiary alicyclic amines) is 1. The zero-order valence-electron chi connectivity index (χ0n) is 19.4. The Hall–Kier alpha value is -2.62. The van der Waals surface area contributed by atoms with E-state index in [1.165, 1.54) is 22.3 Å². The fraction of sp³-hybridized carbons (Fsp3) is 0.481. The number of hydrogen-bond acceptors (Lipinski definition) is 2. The standard InChI is InChI=1S/C27H36N2O2/c1-5-7-25(30)29-16-14-27(15-17-29,26(31)28-20(2)3)19-22-10-12-23(13-11-22)24-9-6-8-21(4)18-24/h6,8-13,18,20H,5,7,14-17,19H2,1-4H3,(H,28,31). The van der Waals surface area contributed by atoms with Gasteiger partial charge in [-0.1, -0.05) is 61.0 Å². The first-order valence-corrected chi connectivity index (χ1v) is 11.6. The molecule has 0 aromatic heterocycles. The number of aryl methyl sites for hydroxylation is 1. The van der Waals surface area contributed by atoms with E-state index < -0.39 is 5.41 Å². The molecule has 4 nitrogen and oxygen atoms in total. The van der Waals surface area contributed by atoms with Crippen molar-refractivity contribution in [1.29, 1.82) is 0 Å². The zero-order chi connectivity index (χ0) is 22.4. The largest absolute Gasteiger partial charge is 0.353 e. The van der Waals surface area contributed by atoms with Crippen LogP contribution in [0.5, 0.6) is 0 Å². The maximum atomic E-state index is 13.2. The van der Waals surface area contributed by atoms with Crippen molar-refractivity contribution in [2.75, 3.05) is 13.1 Å². The summed E-state index contributed by atoms with van der Waals surface area (Å²) in [6, 6.07) is 17.2. The number of benzene rings is 2. The Kier molecular flexibility index (Phi) is 7.53. The Balaban J connectivity index is 1.78. The minimum Gasteiger partial charge on any atom is -0.353 e. The predicted octanol–water partition coefficient (Wildman–Crippen LogP) is 5.14. The fourth-order valence-electron chi connectivity index (χ4n) is 4.49. The molecule has 1 aliphatic heterocycles. The van der Waals surface area contributed by atoms with E-state index in [1.54, 1.807) is 0 Å². The van der Waals surface area contributed by atoms with E-state index >= 15 is 0 Å². The highest BCUT2D eigenvalue weighted by atomic mass is 16.2. The molecule has 0 bridgehead atoms. The van der Waals surface area contributed by atoms with Gasteiger partial charge in [-0.05, 0) is 63.1 Å². The second-order valence-corrected chi connectivity index (χ2v) is 9.28. The van der Waals surface area contributed by atoms with E-state index in [2.05, 4.69) is 60.8 Å². The molecule has 166 valence electrons. The van der Waals surface area contributed by atoms with Crippen LogP contribution in [0.15, 0.2) is 48.5 Å². The van der Waals surface area contributed by atoms with Gasteiger partial charge in [0.05, 0.1) is 5.41 Å². The summed E-state index contributed by atoms with van der Waals surface area (Å²) in [4.78, 5) is 27.5. The second kappa shape index (κ2) is 10.1. The molecule has 0 radical (unpaired) electrons. The summed E-state index contributed by atoms with van der Waals surface area (Å²) in [5, 5.41) is 3.14. The van der Waals surface area contributed by atoms with Crippen LogP contribution in [0.2, 0.25) is 0 Å². The van der Waals surface area contributed by atoms with Crippen molar-refractivity contribution >= 4 is 11.8 Å². The highest BCUT2D eigenvalue weighted by Gasteiger charge is 2.42. The normalized spacial score (nSPS) is 15.7. The lowest BCUT2D eigenvalue weighted by Gasteiger charge is -2.41. The lowest BCUT2D eigenvalue weighted by Crippen LogP contribution is -2.52. The van der Waals surface area contributed by atoms with Gasteiger partial charge in [-0.25, -0.2) is 0 Å². The number of amides is 2. The second-order valence-electron chi connectivity index (χ2n) is 9.28. The molecule has 31 heavy (non-hydrogen) atoms. The van der Waals surface area contributed by atoms with Crippen molar-refractivity contribution in [1.82, 2.24) is 10.2 Å². The molecule has 1 aliphatic rings. The Morgan fingerprint density at radius 2 is 1.71 bits per heavy atom. The van der Waals surface area contributed by atoms with Gasteiger partial charge in [-0.15, -0.1) is 0 Å². The van der Waals surface area contributed by atoms with Crippen molar-refractivity contribution < 1.29 is 9.59 Å². The topological polar surface area (TPSA) is 49.4 Å². The summed E-state index contributed by atoms with van der Waals surface area (Å²) in [6.07, 6.45) is 3.57. The Labute approximate surface area is 187 Å². The van der Waals surface area contributed by atoms with Gasteiger partial charge in [-0.3, -0.25) is 9.59 Å². The molecule has 1 fully saturated rings. The molecule has 2 aromatic carbocycles. The molecule has 0 unspecified atom stereocenters. The monoisotopic (exact) mass is 420 g/mol. The zero-order valence-corrected chi connectivity index (χ0v) is 19.4. The Bertz CT molecular complexity index is 894. The smallest absolute Gasteiger partial charge is 0.226 e. The van der Waals surface area contributed by atoms with E-state index in [0.717, 1.165) is 6.42 Å². The minimum atomic E-state index is -0.460. The summed E-state index contributed by atoms with van der Waals surface area (Å²) in [7, 11) is 0. The van der Waals surface area contributed by atoms with E-state index in [1.807, 2.05) is 25.7 Å². The summed E-state index contributed by atoms with van der Waals surface area (Å²) < 4.78 is 0. The average Bonchev–Trinajstić information content (AvgIpc) is 2.74. The number of hydrogen-bond donors (Lipinski definition) is 1. The number of nitrogens with zero attached hydrogens (tertiary/aromatic N) is 1. The molecule has 0 spiro atoms. The number of carbonyl (C=O) groups excluding carboxylic acids is 2. The van der Waals surface area contributed by atoms with E-state index in [-0.39, 0.29) is 17.9 Å². The van der Waals surface area contributed by atoms with Crippen LogP contribution in [-0.2, 0) is 16.0 Å². The Morgan fingerprint density at radius 1 is 1.03 bits per heavy atom. The summed E-state index contributed by atoms with van der Waals surface area (Å²) in [5.41, 5.74) is 4.35. The predicted molar refractivity (Wildman–Crippen MR) is 127 cm³/mol. The number of piperidine rings is 1. The summed E-state index contributed by atoms with van der Waals surface area (Å²) in [6.45, 7) is 9.46. The molecular weight excluding hydrogens is 384 g/mol. The van der Waals surface area contributed by atoms with E-state index in [9.17, 15) is 9.59 Å². The highest BCUT2D eigenvalue weighted by molar-refractivity contribution is 5.84. The molecule has 1 heterocycles. The molecule has 1 N–H and O–H groups in total. The maximum Gasteiger partial charge on any atom is 0.226 e. The van der Waals surface area contributed by atoms with Crippen LogP contribution in [0.3, 0.4) is 0 Å². The van der Waals surface area contributed by atoms with Gasteiger partial charge in [0, 0.05) is 25.6 Å². The number of carbonyl (C=O) groups is 2. The summed E-state index contributed by atoms with van der Waals surface area (Å²) in [5.74, 6) is 0.329. The van der Waals surface area contributed by atoms with Crippen LogP contribution in [0.25, 0.3) is 11.1 Å². The van der Waals surface area contributed by atoms with Crippen molar-refractivity contribution in [3.8, 4) is 11.1 Å². The molecule has 1 saturated heterocycles. The SMILES string of the molecule is CCCC(=O)N1CCC(Cc2ccc(-c3cccc(C)c3)cc2)(C(=O)NC(C)C)CC1. The quantitative estimate of drug-likeness (QED) is 0.674. The molecule has 4 heteroatoms. The van der Waals surface area contributed by atoms with Crippen LogP contribution in [-0.4, -0.2) is 35.8 Å². The van der Waals surface area contributed by atoms with Crippen molar-refractivity contribution in [2.45, 2.75) is 65.8 Å². The molecule has 2 aromatic rings. The van der Waals surface area contributed by atoms with E-state index in [0.29, 0.717) is 38.8 Å². The van der Waals surface area contributed by atoms with Crippen LogP contribution >= 0.6 is 0 Å². The van der Waals surface area contributed by atoms with Crippen molar-refractivity contribution in [3.63, 3.8) is 0 Å². The first kappa shape index (κ1) is 23.1. The van der Waals surface area contributed by atoms with Gasteiger partial charge in [0.25, 0.3) is 0 Å². The minimum absolute atomic E-state index is 0.104. The number of nitrogens with one attached hydrogen (secondary N) is 1. The first-order chi connectivity index (χ1) is 14.8. The van der Waals surface area contributed by atoms with Gasteiger partial charge in [0.1, 0.15) is 0 Å². The third kappa shape index (κ3) is 5.75. The molecule has 0 aliphatic carbocycles. The highest BCUT2D eigenvalue weighted by Crippen LogP contribution is 2.36. The Morgan fingerprint density at radius 3 is 2.29 bits per heavy atom. The summed E-state index contributed by atoms with van der Waals surface area (Å²) >= 11 is 0. The van der Waals surface area contributed by atoms with Crippen LogP contribution in [0.4, 0.5) is 0 Å². The van der Waals surface area contributed by atoms with Crippen molar-refractivity contribution in [3.05, 3.63) is 59.7 Å².